The van der Waals surface area contributed by atoms with Gasteiger partial charge in [-0.3, -0.25) is 4.79 Å². The lowest BCUT2D eigenvalue weighted by molar-refractivity contribution is -0.136. The van der Waals surface area contributed by atoms with Gasteiger partial charge in [0.2, 0.25) is 0 Å². The number of benzene rings is 4. The molecule has 0 saturated heterocycles. The molecule has 1 aromatic heterocycles. The molecule has 0 aliphatic carbocycles. The van der Waals surface area contributed by atoms with Gasteiger partial charge in [-0.2, -0.15) is 0 Å². The number of anilines is 1. The number of carboxylic acids is 1. The number of aryl methyl sites for hydroxylation is 2. The topological polar surface area (TPSA) is 118 Å². The molecule has 1 heterocycles. The van der Waals surface area contributed by atoms with Crippen molar-refractivity contribution in [3.63, 3.8) is 0 Å². The van der Waals surface area contributed by atoms with Crippen molar-refractivity contribution >= 4 is 22.7 Å². The Kier molecular flexibility index (Phi) is 9.23. The summed E-state index contributed by atoms with van der Waals surface area (Å²) in [4.78, 5) is 16.0. The molecule has 4 aromatic carbocycles. The Bertz CT molecular complexity index is 1760. The molecule has 0 amide bonds. The molecule has 0 aliphatic rings. The first-order valence-corrected chi connectivity index (χ1v) is 14.5. The normalized spacial score (nSPS) is 11.1. The van der Waals surface area contributed by atoms with Crippen molar-refractivity contribution in [3.05, 3.63) is 101 Å². The van der Waals surface area contributed by atoms with Crippen molar-refractivity contribution in [2.75, 3.05) is 12.8 Å². The second kappa shape index (κ2) is 13.4. The summed E-state index contributed by atoms with van der Waals surface area (Å²) in [5.41, 5.74) is 11.5. The zero-order chi connectivity index (χ0) is 31.2. The molecule has 0 fully saturated rings. The lowest BCUT2D eigenvalue weighted by atomic mass is 10.0. The van der Waals surface area contributed by atoms with E-state index in [1.54, 1.807) is 13.2 Å². The smallest absolute Gasteiger partial charge is 0.303 e. The fourth-order valence-corrected chi connectivity index (χ4v) is 4.93. The molecule has 3 N–H and O–H groups in total. The minimum atomic E-state index is -0.866. The first kappa shape index (κ1) is 30.3. The van der Waals surface area contributed by atoms with E-state index in [0.717, 1.165) is 39.3 Å². The highest BCUT2D eigenvalue weighted by Crippen LogP contribution is 2.35. The molecule has 0 bridgehead atoms. The molecule has 0 aliphatic heterocycles. The van der Waals surface area contributed by atoms with Crippen molar-refractivity contribution in [1.82, 2.24) is 9.55 Å². The number of nitrogens with two attached hydrogens (primary N) is 1. The van der Waals surface area contributed by atoms with Gasteiger partial charge in [-0.1, -0.05) is 44.2 Å². The molecule has 9 heteroatoms. The number of fused-ring (bicyclic) bond motifs is 1. The van der Waals surface area contributed by atoms with E-state index >= 15 is 0 Å². The van der Waals surface area contributed by atoms with Crippen molar-refractivity contribution in [2.45, 2.75) is 45.8 Å². The van der Waals surface area contributed by atoms with E-state index in [9.17, 15) is 9.90 Å². The number of nitrogens with zero attached hydrogens (tertiary/aromatic N) is 2. The van der Waals surface area contributed by atoms with E-state index in [1.165, 1.54) is 0 Å². The third kappa shape index (κ3) is 7.06. The molecular weight excluding hydrogens is 558 g/mol. The Balaban J connectivity index is 1.31. The van der Waals surface area contributed by atoms with Gasteiger partial charge in [0.15, 0.2) is 5.75 Å². The molecule has 9 nitrogen and oxygen atoms in total. The number of aromatic nitrogens is 2. The summed E-state index contributed by atoms with van der Waals surface area (Å²) in [5, 5.41) is 9.21. The SMILES string of the molecule is COc1ccc(COc2cc(OCc3nc4ccc(Oc5cccc(C(C)C)c5N)cc4n3C)ccc2CCC(=O)O)cc1. The van der Waals surface area contributed by atoms with Gasteiger partial charge in [0.1, 0.15) is 42.0 Å². The quantitative estimate of drug-likeness (QED) is 0.137. The van der Waals surface area contributed by atoms with Crippen molar-refractivity contribution < 1.29 is 28.8 Å². The van der Waals surface area contributed by atoms with E-state index < -0.39 is 5.97 Å². The summed E-state index contributed by atoms with van der Waals surface area (Å²) in [5.74, 6) is 3.37. The Hall–Kier alpha value is -5.18. The van der Waals surface area contributed by atoms with Crippen LogP contribution in [0.25, 0.3) is 11.0 Å². The van der Waals surface area contributed by atoms with Gasteiger partial charge < -0.3 is 34.4 Å². The Morgan fingerprint density at radius 2 is 1.66 bits per heavy atom. The number of aliphatic carboxylic acids is 1. The van der Waals surface area contributed by atoms with Gasteiger partial charge in [-0.25, -0.2) is 4.98 Å². The number of para-hydroxylation sites is 1. The van der Waals surface area contributed by atoms with Crippen LogP contribution in [0.1, 0.15) is 48.7 Å². The number of hydrogen-bond donors (Lipinski definition) is 2. The molecule has 0 unspecified atom stereocenters. The number of methoxy groups -OCH3 is 1. The summed E-state index contributed by atoms with van der Waals surface area (Å²) >= 11 is 0. The molecular formula is C35H37N3O6. The maximum atomic E-state index is 11.2. The Labute approximate surface area is 256 Å². The fraction of sp³-hybridized carbons (Fsp3) is 0.257. The van der Waals surface area contributed by atoms with Gasteiger partial charge in [0, 0.05) is 25.6 Å². The minimum Gasteiger partial charge on any atom is -0.497 e. The summed E-state index contributed by atoms with van der Waals surface area (Å²) < 4.78 is 25.6. The monoisotopic (exact) mass is 595 g/mol. The molecule has 0 radical (unpaired) electrons. The average molecular weight is 596 g/mol. The number of rotatable bonds is 13. The summed E-state index contributed by atoms with van der Waals surface area (Å²) in [7, 11) is 3.56. The number of imidazole rings is 1. The zero-order valence-corrected chi connectivity index (χ0v) is 25.4. The van der Waals surface area contributed by atoms with E-state index in [0.29, 0.717) is 41.7 Å². The van der Waals surface area contributed by atoms with Crippen LogP contribution in [0.5, 0.6) is 28.7 Å². The number of ether oxygens (including phenoxy) is 4. The van der Waals surface area contributed by atoms with Crippen LogP contribution in [0.15, 0.2) is 78.9 Å². The highest BCUT2D eigenvalue weighted by Gasteiger charge is 2.14. The van der Waals surface area contributed by atoms with Gasteiger partial charge in [0.05, 0.1) is 23.8 Å². The highest BCUT2D eigenvalue weighted by atomic mass is 16.5. The molecule has 0 atom stereocenters. The first-order chi connectivity index (χ1) is 21.2. The van der Waals surface area contributed by atoms with Crippen LogP contribution in [0.4, 0.5) is 5.69 Å². The molecule has 5 aromatic rings. The van der Waals surface area contributed by atoms with Crippen LogP contribution in [0.3, 0.4) is 0 Å². The third-order valence-electron chi connectivity index (χ3n) is 7.46. The number of hydrogen-bond acceptors (Lipinski definition) is 7. The van der Waals surface area contributed by atoms with Gasteiger partial charge in [-0.15, -0.1) is 0 Å². The maximum absolute atomic E-state index is 11.2. The van der Waals surface area contributed by atoms with Gasteiger partial charge in [0.25, 0.3) is 0 Å². The van der Waals surface area contributed by atoms with Crippen molar-refractivity contribution in [2.24, 2.45) is 7.05 Å². The lowest BCUT2D eigenvalue weighted by Crippen LogP contribution is -2.05. The Morgan fingerprint density at radius 3 is 2.39 bits per heavy atom. The number of carboxylic acid groups (broad SMARTS) is 1. The van der Waals surface area contributed by atoms with Crippen molar-refractivity contribution in [1.29, 1.82) is 0 Å². The number of carbonyl (C=O) groups is 1. The first-order valence-electron chi connectivity index (χ1n) is 14.5. The average Bonchev–Trinajstić information content (AvgIpc) is 3.33. The number of nitrogen functional groups attached to an aromatic ring is 1. The summed E-state index contributed by atoms with van der Waals surface area (Å²) in [6.45, 7) is 4.74. The van der Waals surface area contributed by atoms with Crippen LogP contribution in [0, 0.1) is 0 Å². The Morgan fingerprint density at radius 1 is 0.909 bits per heavy atom. The molecule has 0 spiro atoms. The van der Waals surface area contributed by atoms with Crippen LogP contribution in [-0.2, 0) is 31.5 Å². The van der Waals surface area contributed by atoms with E-state index in [2.05, 4.69) is 13.8 Å². The maximum Gasteiger partial charge on any atom is 0.303 e. The minimum absolute atomic E-state index is 0.000412. The zero-order valence-electron chi connectivity index (χ0n) is 25.4. The second-order valence-corrected chi connectivity index (χ2v) is 10.8. The second-order valence-electron chi connectivity index (χ2n) is 10.8. The van der Waals surface area contributed by atoms with Crippen LogP contribution >= 0.6 is 0 Å². The van der Waals surface area contributed by atoms with E-state index in [-0.39, 0.29) is 18.9 Å². The standard InChI is InChI=1S/C35H37N3O6/c1-22(2)28-6-5-7-31(35(28)36)44-27-15-16-29-30(18-27)38(3)33(37-29)21-42-26-14-10-24(11-17-34(39)40)32(19-26)43-20-23-8-12-25(41-4)13-9-23/h5-10,12-16,18-19,22H,11,17,20-21,36H2,1-4H3,(H,39,40). The summed E-state index contributed by atoms with van der Waals surface area (Å²) in [6.07, 6.45) is 0.344. The van der Waals surface area contributed by atoms with Crippen LogP contribution in [-0.4, -0.2) is 27.7 Å². The van der Waals surface area contributed by atoms with E-state index in [1.807, 2.05) is 84.4 Å². The highest BCUT2D eigenvalue weighted by molar-refractivity contribution is 5.78. The molecule has 5 rings (SSSR count). The summed E-state index contributed by atoms with van der Waals surface area (Å²) in [6, 6.07) is 24.6. The van der Waals surface area contributed by atoms with Crippen LogP contribution < -0.4 is 24.7 Å². The fourth-order valence-electron chi connectivity index (χ4n) is 4.93. The van der Waals surface area contributed by atoms with E-state index in [4.69, 9.17) is 29.7 Å². The van der Waals surface area contributed by atoms with Crippen molar-refractivity contribution in [3.8, 4) is 28.7 Å². The predicted octanol–water partition coefficient (Wildman–Crippen LogP) is 7.26. The third-order valence-corrected chi connectivity index (χ3v) is 7.46. The molecule has 228 valence electrons. The lowest BCUT2D eigenvalue weighted by Gasteiger charge is -2.14. The van der Waals surface area contributed by atoms with Gasteiger partial charge >= 0.3 is 5.97 Å². The predicted molar refractivity (Wildman–Crippen MR) is 170 cm³/mol. The molecule has 0 saturated carbocycles. The molecule has 44 heavy (non-hydrogen) atoms. The van der Waals surface area contributed by atoms with Crippen LogP contribution in [0.2, 0.25) is 0 Å². The van der Waals surface area contributed by atoms with Gasteiger partial charge in [-0.05, 0) is 65.4 Å². The largest absolute Gasteiger partial charge is 0.497 e.